The van der Waals surface area contributed by atoms with Crippen LogP contribution < -0.4 is 10.1 Å². The molecule has 20 heavy (non-hydrogen) atoms. The van der Waals surface area contributed by atoms with Gasteiger partial charge in [-0.25, -0.2) is 0 Å². The molecule has 0 atom stereocenters. The van der Waals surface area contributed by atoms with Crippen LogP contribution in [0.1, 0.15) is 12.5 Å². The molecule has 0 aliphatic heterocycles. The van der Waals surface area contributed by atoms with Crippen molar-refractivity contribution < 1.29 is 4.74 Å². The number of hydrogen-bond donors (Lipinski definition) is 1. The Morgan fingerprint density at radius 1 is 1.20 bits per heavy atom. The van der Waals surface area contributed by atoms with Crippen LogP contribution in [0.15, 0.2) is 45.3 Å². The zero-order valence-corrected chi connectivity index (χ0v) is 14.8. The van der Waals surface area contributed by atoms with Crippen molar-refractivity contribution in [3.05, 3.63) is 55.9 Å². The van der Waals surface area contributed by atoms with E-state index >= 15 is 0 Å². The van der Waals surface area contributed by atoms with E-state index in [9.17, 15) is 0 Å². The van der Waals surface area contributed by atoms with Crippen LogP contribution in [-0.4, -0.2) is 6.61 Å². The molecule has 1 N–H and O–H groups in total. The lowest BCUT2D eigenvalue weighted by atomic mass is 10.2. The second kappa shape index (κ2) is 7.34. The van der Waals surface area contributed by atoms with Gasteiger partial charge in [0.05, 0.1) is 11.1 Å². The second-order valence-corrected chi connectivity index (χ2v) is 6.38. The average molecular weight is 420 g/mol. The van der Waals surface area contributed by atoms with E-state index in [4.69, 9.17) is 16.3 Å². The maximum absolute atomic E-state index is 5.98. The Morgan fingerprint density at radius 3 is 2.70 bits per heavy atom. The minimum Gasteiger partial charge on any atom is -0.492 e. The first kappa shape index (κ1) is 15.7. The Balaban J connectivity index is 2.20. The fourth-order valence-electron chi connectivity index (χ4n) is 1.85. The third-order valence-electron chi connectivity index (χ3n) is 2.68. The number of halogens is 3. The van der Waals surface area contributed by atoms with E-state index in [0.29, 0.717) is 13.2 Å². The van der Waals surface area contributed by atoms with E-state index in [2.05, 4.69) is 37.2 Å². The van der Waals surface area contributed by atoms with E-state index in [1.807, 2.05) is 43.3 Å². The topological polar surface area (TPSA) is 21.3 Å². The molecule has 0 aliphatic carbocycles. The van der Waals surface area contributed by atoms with Crippen molar-refractivity contribution in [3.8, 4) is 5.75 Å². The molecule has 0 saturated carbocycles. The second-order valence-electron chi connectivity index (χ2n) is 4.17. The lowest BCUT2D eigenvalue weighted by Gasteiger charge is -2.14. The van der Waals surface area contributed by atoms with Crippen molar-refractivity contribution in [3.63, 3.8) is 0 Å². The molecular formula is C15H14Br2ClNO. The van der Waals surface area contributed by atoms with Crippen molar-refractivity contribution in [2.45, 2.75) is 13.5 Å². The molecule has 0 spiro atoms. The van der Waals surface area contributed by atoms with Gasteiger partial charge in [-0.2, -0.15) is 0 Å². The molecule has 0 bridgehead atoms. The van der Waals surface area contributed by atoms with Gasteiger partial charge in [0.1, 0.15) is 5.75 Å². The van der Waals surface area contributed by atoms with E-state index in [-0.39, 0.29) is 0 Å². The van der Waals surface area contributed by atoms with Gasteiger partial charge in [0, 0.05) is 27.3 Å². The maximum atomic E-state index is 5.98. The highest BCUT2D eigenvalue weighted by molar-refractivity contribution is 9.11. The van der Waals surface area contributed by atoms with Gasteiger partial charge >= 0.3 is 0 Å². The molecule has 0 unspecified atom stereocenters. The molecular weight excluding hydrogens is 405 g/mol. The predicted molar refractivity (Wildman–Crippen MR) is 91.8 cm³/mol. The number of benzene rings is 2. The molecule has 0 aromatic heterocycles. The average Bonchev–Trinajstić information content (AvgIpc) is 2.40. The normalized spacial score (nSPS) is 10.4. The van der Waals surface area contributed by atoms with Gasteiger partial charge in [-0.15, -0.1) is 0 Å². The third-order valence-corrected chi connectivity index (χ3v) is 3.96. The van der Waals surface area contributed by atoms with Gasteiger partial charge in [-0.1, -0.05) is 33.6 Å². The summed E-state index contributed by atoms with van der Waals surface area (Å²) in [5, 5.41) is 4.07. The van der Waals surface area contributed by atoms with Crippen LogP contribution in [0.2, 0.25) is 5.02 Å². The van der Waals surface area contributed by atoms with Gasteiger partial charge < -0.3 is 10.1 Å². The smallest absolute Gasteiger partial charge is 0.138 e. The minimum atomic E-state index is 0.629. The van der Waals surface area contributed by atoms with Gasteiger partial charge in [0.15, 0.2) is 0 Å². The molecule has 2 rings (SSSR count). The number of anilines is 1. The maximum Gasteiger partial charge on any atom is 0.138 e. The van der Waals surface area contributed by atoms with E-state index in [1.54, 1.807) is 0 Å². The molecule has 2 aromatic carbocycles. The molecule has 106 valence electrons. The molecule has 2 nitrogen and oxygen atoms in total. The summed E-state index contributed by atoms with van der Waals surface area (Å²) >= 11 is 13.0. The van der Waals surface area contributed by atoms with Crippen LogP contribution in [-0.2, 0) is 6.54 Å². The summed E-state index contributed by atoms with van der Waals surface area (Å²) in [5.74, 6) is 0.866. The Morgan fingerprint density at radius 2 is 2.00 bits per heavy atom. The molecule has 0 radical (unpaired) electrons. The number of nitrogens with one attached hydrogen (secondary N) is 1. The fraction of sp³-hybridized carbons (Fsp3) is 0.200. The Bertz CT molecular complexity index is 604. The minimum absolute atomic E-state index is 0.629. The Kier molecular flexibility index (Phi) is 5.75. The standard InChI is InChI=1S/C15H14Br2ClNO/c1-2-20-15-10(6-11(16)7-14(15)17)9-19-13-5-3-4-12(18)8-13/h3-8,19H,2,9H2,1H3. The van der Waals surface area contributed by atoms with Gasteiger partial charge in [-0.3, -0.25) is 0 Å². The zero-order valence-electron chi connectivity index (χ0n) is 10.9. The van der Waals surface area contributed by atoms with Gasteiger partial charge in [-0.05, 0) is 53.2 Å². The first-order valence-electron chi connectivity index (χ1n) is 6.20. The van der Waals surface area contributed by atoms with Crippen molar-refractivity contribution >= 4 is 49.1 Å². The van der Waals surface area contributed by atoms with Gasteiger partial charge in [0.25, 0.3) is 0 Å². The fourth-order valence-corrected chi connectivity index (χ4v) is 3.47. The summed E-state index contributed by atoms with van der Waals surface area (Å²) in [6.07, 6.45) is 0. The number of hydrogen-bond acceptors (Lipinski definition) is 2. The van der Waals surface area contributed by atoms with Crippen molar-refractivity contribution in [2.75, 3.05) is 11.9 Å². The zero-order chi connectivity index (χ0) is 14.5. The third kappa shape index (κ3) is 4.14. The van der Waals surface area contributed by atoms with Crippen molar-refractivity contribution in [2.24, 2.45) is 0 Å². The molecule has 0 amide bonds. The molecule has 0 saturated heterocycles. The van der Waals surface area contributed by atoms with Crippen LogP contribution in [0.25, 0.3) is 0 Å². The number of rotatable bonds is 5. The Hall–Kier alpha value is -0.710. The summed E-state index contributed by atoms with van der Waals surface area (Å²) in [6, 6.07) is 11.7. The van der Waals surface area contributed by atoms with Crippen molar-refractivity contribution in [1.82, 2.24) is 0 Å². The first-order valence-corrected chi connectivity index (χ1v) is 8.16. The molecule has 2 aromatic rings. The Labute approximate surface area is 140 Å². The van der Waals surface area contributed by atoms with Crippen LogP contribution in [0.5, 0.6) is 5.75 Å². The quantitative estimate of drug-likeness (QED) is 0.654. The van der Waals surface area contributed by atoms with E-state index < -0.39 is 0 Å². The van der Waals surface area contributed by atoms with Crippen LogP contribution in [0.4, 0.5) is 5.69 Å². The van der Waals surface area contributed by atoms with Crippen LogP contribution in [0.3, 0.4) is 0 Å². The molecule has 0 heterocycles. The predicted octanol–water partition coefficient (Wildman–Crippen LogP) is 5.88. The lowest BCUT2D eigenvalue weighted by molar-refractivity contribution is 0.334. The van der Waals surface area contributed by atoms with Crippen molar-refractivity contribution in [1.29, 1.82) is 0 Å². The summed E-state index contributed by atoms with van der Waals surface area (Å²) in [6.45, 7) is 3.26. The summed E-state index contributed by atoms with van der Waals surface area (Å²) < 4.78 is 7.65. The lowest BCUT2D eigenvalue weighted by Crippen LogP contribution is -2.04. The highest BCUT2D eigenvalue weighted by atomic mass is 79.9. The summed E-state index contributed by atoms with van der Waals surface area (Å²) in [5.41, 5.74) is 2.06. The molecule has 0 aliphatic rings. The van der Waals surface area contributed by atoms with E-state index in [0.717, 1.165) is 31.0 Å². The summed E-state index contributed by atoms with van der Waals surface area (Å²) in [4.78, 5) is 0. The monoisotopic (exact) mass is 417 g/mol. The highest BCUT2D eigenvalue weighted by Gasteiger charge is 2.10. The van der Waals surface area contributed by atoms with Gasteiger partial charge in [0.2, 0.25) is 0 Å². The first-order chi connectivity index (χ1) is 9.60. The highest BCUT2D eigenvalue weighted by Crippen LogP contribution is 2.33. The SMILES string of the molecule is CCOc1c(Br)cc(Br)cc1CNc1cccc(Cl)c1. The molecule has 0 fully saturated rings. The number of ether oxygens (including phenoxy) is 1. The largest absolute Gasteiger partial charge is 0.492 e. The summed E-state index contributed by atoms with van der Waals surface area (Å²) in [7, 11) is 0. The van der Waals surface area contributed by atoms with Crippen LogP contribution >= 0.6 is 43.5 Å². The van der Waals surface area contributed by atoms with E-state index in [1.165, 1.54) is 0 Å². The van der Waals surface area contributed by atoms with Crippen LogP contribution in [0, 0.1) is 0 Å². The molecule has 5 heteroatoms.